The summed E-state index contributed by atoms with van der Waals surface area (Å²) in [5.41, 5.74) is 0.831. The normalized spacial score (nSPS) is 15.5. The van der Waals surface area contributed by atoms with Gasteiger partial charge in [-0.1, -0.05) is 35.5 Å². The van der Waals surface area contributed by atoms with Gasteiger partial charge in [0.15, 0.2) is 5.16 Å². The van der Waals surface area contributed by atoms with Crippen LogP contribution in [0.1, 0.15) is 19.8 Å². The molecule has 1 aliphatic rings. The van der Waals surface area contributed by atoms with Gasteiger partial charge in [0.05, 0.1) is 16.0 Å². The molecule has 24 heavy (non-hydrogen) atoms. The zero-order valence-electron chi connectivity index (χ0n) is 13.7. The monoisotopic (exact) mass is 365 g/mol. The number of carbonyl (C=O) groups excluding carboxylic acids is 1. The minimum absolute atomic E-state index is 0.0450. The second-order valence-corrected chi connectivity index (χ2v) is 7.35. The van der Waals surface area contributed by atoms with Gasteiger partial charge in [-0.3, -0.25) is 9.36 Å². The lowest BCUT2D eigenvalue weighted by atomic mass is 10.3. The SMILES string of the molecule is CNC(=O)C(C)Sc1nnc(N2CCCC2)n1-c1ccccc1Cl. The molecule has 1 aliphatic heterocycles. The maximum absolute atomic E-state index is 11.9. The molecule has 3 rings (SSSR count). The lowest BCUT2D eigenvalue weighted by Gasteiger charge is -2.19. The average Bonchev–Trinajstić information content (AvgIpc) is 3.24. The smallest absolute Gasteiger partial charge is 0.233 e. The Kier molecular flexibility index (Phi) is 5.30. The molecule has 1 N–H and O–H groups in total. The van der Waals surface area contributed by atoms with Gasteiger partial charge in [0.1, 0.15) is 0 Å². The number of para-hydroxylation sites is 1. The first-order chi connectivity index (χ1) is 11.6. The Balaban J connectivity index is 2.03. The van der Waals surface area contributed by atoms with Crippen molar-refractivity contribution < 1.29 is 4.79 Å². The lowest BCUT2D eigenvalue weighted by molar-refractivity contribution is -0.119. The number of rotatable bonds is 5. The molecule has 2 heterocycles. The van der Waals surface area contributed by atoms with Crippen molar-refractivity contribution in [3.63, 3.8) is 0 Å². The fourth-order valence-corrected chi connectivity index (χ4v) is 3.85. The number of hydrogen-bond acceptors (Lipinski definition) is 5. The van der Waals surface area contributed by atoms with Crippen LogP contribution in [0.4, 0.5) is 5.95 Å². The molecule has 128 valence electrons. The number of thioether (sulfide) groups is 1. The van der Waals surface area contributed by atoms with Crippen molar-refractivity contribution in [3.05, 3.63) is 29.3 Å². The summed E-state index contributed by atoms with van der Waals surface area (Å²) in [6, 6.07) is 7.62. The molecule has 0 spiro atoms. The topological polar surface area (TPSA) is 63.1 Å². The summed E-state index contributed by atoms with van der Waals surface area (Å²) >= 11 is 7.79. The van der Waals surface area contributed by atoms with E-state index in [1.807, 2.05) is 35.8 Å². The summed E-state index contributed by atoms with van der Waals surface area (Å²) in [4.78, 5) is 14.1. The molecule has 0 saturated carbocycles. The van der Waals surface area contributed by atoms with E-state index in [0.717, 1.165) is 37.6 Å². The minimum Gasteiger partial charge on any atom is -0.358 e. The molecule has 6 nitrogen and oxygen atoms in total. The lowest BCUT2D eigenvalue weighted by Crippen LogP contribution is -2.27. The van der Waals surface area contributed by atoms with E-state index in [0.29, 0.717) is 10.2 Å². The Morgan fingerprint density at radius 2 is 2.00 bits per heavy atom. The Morgan fingerprint density at radius 3 is 2.67 bits per heavy atom. The first kappa shape index (κ1) is 17.1. The predicted octanol–water partition coefficient (Wildman–Crippen LogP) is 2.75. The highest BCUT2D eigenvalue weighted by Crippen LogP contribution is 2.33. The molecular formula is C16H20ClN5OS. The second-order valence-electron chi connectivity index (χ2n) is 5.64. The Morgan fingerprint density at radius 1 is 1.29 bits per heavy atom. The first-order valence-electron chi connectivity index (χ1n) is 7.95. The summed E-state index contributed by atoms with van der Waals surface area (Å²) < 4.78 is 1.96. The summed E-state index contributed by atoms with van der Waals surface area (Å²) in [6.45, 7) is 3.77. The van der Waals surface area contributed by atoms with E-state index in [-0.39, 0.29) is 11.2 Å². The first-order valence-corrected chi connectivity index (χ1v) is 9.21. The van der Waals surface area contributed by atoms with Gasteiger partial charge < -0.3 is 10.2 Å². The van der Waals surface area contributed by atoms with E-state index in [2.05, 4.69) is 20.4 Å². The molecular weight excluding hydrogens is 346 g/mol. The second kappa shape index (κ2) is 7.44. The van der Waals surface area contributed by atoms with E-state index < -0.39 is 0 Å². The number of amides is 1. The molecule has 1 fully saturated rings. The van der Waals surface area contributed by atoms with Crippen LogP contribution in [0.25, 0.3) is 5.69 Å². The number of nitrogens with one attached hydrogen (secondary N) is 1. The molecule has 1 amide bonds. The fourth-order valence-electron chi connectivity index (χ4n) is 2.72. The van der Waals surface area contributed by atoms with E-state index >= 15 is 0 Å². The zero-order chi connectivity index (χ0) is 17.1. The molecule has 2 aromatic rings. The van der Waals surface area contributed by atoms with Gasteiger partial charge in [-0.15, -0.1) is 10.2 Å². The molecule has 0 bridgehead atoms. The van der Waals surface area contributed by atoms with Crippen molar-refractivity contribution in [2.75, 3.05) is 25.0 Å². The highest BCUT2D eigenvalue weighted by Gasteiger charge is 2.25. The van der Waals surface area contributed by atoms with Crippen LogP contribution < -0.4 is 10.2 Å². The van der Waals surface area contributed by atoms with Crippen molar-refractivity contribution in [2.45, 2.75) is 30.2 Å². The number of carbonyl (C=O) groups is 1. The molecule has 0 aliphatic carbocycles. The molecule has 1 unspecified atom stereocenters. The predicted molar refractivity (Wildman–Crippen MR) is 97.2 cm³/mol. The van der Waals surface area contributed by atoms with Gasteiger partial charge in [0.25, 0.3) is 0 Å². The van der Waals surface area contributed by atoms with Crippen LogP contribution in [0.5, 0.6) is 0 Å². The largest absolute Gasteiger partial charge is 0.358 e. The van der Waals surface area contributed by atoms with Crippen molar-refractivity contribution in [1.29, 1.82) is 0 Å². The maximum Gasteiger partial charge on any atom is 0.233 e. The third-order valence-electron chi connectivity index (χ3n) is 4.00. The number of anilines is 1. The molecule has 1 aromatic heterocycles. The van der Waals surface area contributed by atoms with Gasteiger partial charge in [-0.05, 0) is 31.9 Å². The number of hydrogen-bond donors (Lipinski definition) is 1. The molecule has 0 radical (unpaired) electrons. The van der Waals surface area contributed by atoms with Crippen molar-refractivity contribution in [1.82, 2.24) is 20.1 Å². The molecule has 8 heteroatoms. The van der Waals surface area contributed by atoms with Crippen molar-refractivity contribution in [2.24, 2.45) is 0 Å². The fraction of sp³-hybridized carbons (Fsp3) is 0.438. The molecule has 1 aromatic carbocycles. The number of aromatic nitrogens is 3. The van der Waals surface area contributed by atoms with Gasteiger partial charge in [-0.2, -0.15) is 0 Å². The van der Waals surface area contributed by atoms with Crippen LogP contribution in [0.15, 0.2) is 29.4 Å². The van der Waals surface area contributed by atoms with Gasteiger partial charge in [0, 0.05) is 20.1 Å². The van der Waals surface area contributed by atoms with Crippen LogP contribution in [0, 0.1) is 0 Å². The van der Waals surface area contributed by atoms with Crippen LogP contribution in [0.2, 0.25) is 5.02 Å². The summed E-state index contributed by atoms with van der Waals surface area (Å²) in [6.07, 6.45) is 2.29. The van der Waals surface area contributed by atoms with E-state index in [9.17, 15) is 4.79 Å². The highest BCUT2D eigenvalue weighted by atomic mass is 35.5. The van der Waals surface area contributed by atoms with Crippen LogP contribution >= 0.6 is 23.4 Å². The zero-order valence-corrected chi connectivity index (χ0v) is 15.3. The number of benzene rings is 1. The van der Waals surface area contributed by atoms with Crippen LogP contribution in [0.3, 0.4) is 0 Å². The Bertz CT molecular complexity index is 729. The highest BCUT2D eigenvalue weighted by molar-refractivity contribution is 8.00. The van der Waals surface area contributed by atoms with Crippen LogP contribution in [-0.2, 0) is 4.79 Å². The minimum atomic E-state index is -0.271. The maximum atomic E-state index is 11.9. The third-order valence-corrected chi connectivity index (χ3v) is 5.36. The summed E-state index contributed by atoms with van der Waals surface area (Å²) in [5.74, 6) is 0.739. The van der Waals surface area contributed by atoms with Gasteiger partial charge >= 0.3 is 0 Å². The molecule has 1 atom stereocenters. The standard InChI is InChI=1S/C16H20ClN5OS/c1-11(14(23)18-2)24-16-20-19-15(21-9-5-6-10-21)22(16)13-8-4-3-7-12(13)17/h3-4,7-8,11H,5-6,9-10H2,1-2H3,(H,18,23). The number of halogens is 1. The van der Waals surface area contributed by atoms with E-state index in [4.69, 9.17) is 11.6 Å². The van der Waals surface area contributed by atoms with E-state index in [1.54, 1.807) is 7.05 Å². The van der Waals surface area contributed by atoms with Crippen molar-refractivity contribution >= 4 is 35.2 Å². The van der Waals surface area contributed by atoms with E-state index in [1.165, 1.54) is 11.8 Å². The van der Waals surface area contributed by atoms with Crippen LogP contribution in [-0.4, -0.2) is 46.1 Å². The quantitative estimate of drug-likeness (QED) is 0.825. The Hall–Kier alpha value is -1.73. The van der Waals surface area contributed by atoms with Crippen molar-refractivity contribution in [3.8, 4) is 5.69 Å². The van der Waals surface area contributed by atoms with Gasteiger partial charge in [0.2, 0.25) is 11.9 Å². The summed E-state index contributed by atoms with van der Waals surface area (Å²) in [7, 11) is 1.63. The van der Waals surface area contributed by atoms with Gasteiger partial charge in [-0.25, -0.2) is 0 Å². The average molecular weight is 366 g/mol. The summed E-state index contributed by atoms with van der Waals surface area (Å²) in [5, 5.41) is 12.4. The Labute approximate surface area is 150 Å². The molecule has 1 saturated heterocycles. The number of nitrogens with zero attached hydrogens (tertiary/aromatic N) is 4. The third kappa shape index (κ3) is 3.37.